The molecule has 0 aromatic heterocycles. The first kappa shape index (κ1) is 21.9. The number of hydrogen-bond acceptors (Lipinski definition) is 5. The Kier molecular flexibility index (Phi) is 7.96. The second-order valence-corrected chi connectivity index (χ2v) is 7.18. The van der Waals surface area contributed by atoms with Crippen LogP contribution in [0.4, 0.5) is 5.69 Å². The Morgan fingerprint density at radius 2 is 1.64 bits per heavy atom. The topological polar surface area (TPSA) is 59.1 Å². The number of esters is 1. The van der Waals surface area contributed by atoms with Gasteiger partial charge in [0.25, 0.3) is 5.91 Å². The molecule has 0 saturated carbocycles. The largest absolute Gasteiger partial charge is 0.480 e. The van der Waals surface area contributed by atoms with Crippen LogP contribution in [0.5, 0.6) is 5.75 Å². The van der Waals surface area contributed by atoms with Gasteiger partial charge in [-0.15, -0.1) is 0 Å². The van der Waals surface area contributed by atoms with Gasteiger partial charge in [0, 0.05) is 38.4 Å². The highest BCUT2D eigenvalue weighted by Gasteiger charge is 2.14. The van der Waals surface area contributed by atoms with Crippen LogP contribution in [0, 0.1) is 0 Å². The average molecular weight is 425 g/mol. The highest BCUT2D eigenvalue weighted by molar-refractivity contribution is 6.35. The number of carbonyl (C=O) groups excluding carboxylic acids is 2. The standard InChI is InChI=1S/C20H22Cl2N2O4/c1-23(2)16-7-4-14(5-8-16)11-24(3)19(25)12-28-20(26)13-27-18-9-6-15(21)10-17(18)22/h4-10H,11-13H2,1-3H3. The van der Waals surface area contributed by atoms with Crippen LogP contribution in [0.1, 0.15) is 5.56 Å². The lowest BCUT2D eigenvalue weighted by Gasteiger charge is -2.18. The molecule has 2 rings (SSSR count). The Morgan fingerprint density at radius 1 is 0.964 bits per heavy atom. The summed E-state index contributed by atoms with van der Waals surface area (Å²) in [5.74, 6) is -0.662. The third-order valence-corrected chi connectivity index (χ3v) is 4.42. The molecule has 28 heavy (non-hydrogen) atoms. The maximum Gasteiger partial charge on any atom is 0.344 e. The van der Waals surface area contributed by atoms with E-state index in [1.165, 1.54) is 11.0 Å². The minimum absolute atomic E-state index is 0.288. The summed E-state index contributed by atoms with van der Waals surface area (Å²) in [5, 5.41) is 0.751. The number of rotatable bonds is 8. The molecule has 8 heteroatoms. The molecule has 0 spiro atoms. The van der Waals surface area contributed by atoms with E-state index >= 15 is 0 Å². The average Bonchev–Trinajstić information content (AvgIpc) is 2.65. The van der Waals surface area contributed by atoms with E-state index in [-0.39, 0.29) is 24.1 Å². The molecule has 0 heterocycles. The summed E-state index contributed by atoms with van der Waals surface area (Å²) in [6.45, 7) is -0.297. The lowest BCUT2D eigenvalue weighted by molar-refractivity contribution is -0.153. The predicted molar refractivity (Wildman–Crippen MR) is 110 cm³/mol. The third-order valence-electron chi connectivity index (χ3n) is 3.89. The van der Waals surface area contributed by atoms with Crippen LogP contribution in [-0.2, 0) is 20.9 Å². The summed E-state index contributed by atoms with van der Waals surface area (Å²) in [5.41, 5.74) is 2.06. The second-order valence-electron chi connectivity index (χ2n) is 6.33. The highest BCUT2D eigenvalue weighted by Crippen LogP contribution is 2.27. The first-order valence-corrected chi connectivity index (χ1v) is 9.25. The molecule has 0 radical (unpaired) electrons. The van der Waals surface area contributed by atoms with Crippen molar-refractivity contribution >= 4 is 40.8 Å². The van der Waals surface area contributed by atoms with Gasteiger partial charge < -0.3 is 19.3 Å². The van der Waals surface area contributed by atoms with Gasteiger partial charge in [0.15, 0.2) is 13.2 Å². The first-order chi connectivity index (χ1) is 13.3. The number of carbonyl (C=O) groups is 2. The van der Waals surface area contributed by atoms with Crippen LogP contribution in [0.15, 0.2) is 42.5 Å². The number of halogens is 2. The number of ether oxygens (including phenoxy) is 2. The van der Waals surface area contributed by atoms with E-state index in [1.54, 1.807) is 19.2 Å². The van der Waals surface area contributed by atoms with Gasteiger partial charge in [-0.1, -0.05) is 35.3 Å². The van der Waals surface area contributed by atoms with E-state index in [9.17, 15) is 9.59 Å². The van der Waals surface area contributed by atoms with Gasteiger partial charge in [-0.25, -0.2) is 4.79 Å². The van der Waals surface area contributed by atoms with Crippen molar-refractivity contribution in [3.8, 4) is 5.75 Å². The molecule has 150 valence electrons. The summed E-state index contributed by atoms with van der Waals surface area (Å²) >= 11 is 11.8. The summed E-state index contributed by atoms with van der Waals surface area (Å²) in [6.07, 6.45) is 0. The van der Waals surface area contributed by atoms with Crippen LogP contribution >= 0.6 is 23.2 Å². The van der Waals surface area contributed by atoms with E-state index in [2.05, 4.69) is 0 Å². The lowest BCUT2D eigenvalue weighted by atomic mass is 10.2. The van der Waals surface area contributed by atoms with Gasteiger partial charge in [0.2, 0.25) is 0 Å². The van der Waals surface area contributed by atoms with E-state index in [0.717, 1.165) is 11.3 Å². The Bertz CT molecular complexity index is 825. The Balaban J connectivity index is 1.76. The zero-order valence-electron chi connectivity index (χ0n) is 15.9. The monoisotopic (exact) mass is 424 g/mol. The summed E-state index contributed by atoms with van der Waals surface area (Å²) in [7, 11) is 5.58. The molecular weight excluding hydrogens is 403 g/mol. The van der Waals surface area contributed by atoms with Crippen molar-refractivity contribution in [2.75, 3.05) is 39.3 Å². The van der Waals surface area contributed by atoms with Crippen molar-refractivity contribution in [2.24, 2.45) is 0 Å². The molecule has 0 bridgehead atoms. The number of anilines is 1. The van der Waals surface area contributed by atoms with Gasteiger partial charge in [-0.2, -0.15) is 0 Å². The number of hydrogen-bond donors (Lipinski definition) is 0. The Labute approximate surface area is 174 Å². The van der Waals surface area contributed by atoms with E-state index in [0.29, 0.717) is 17.3 Å². The van der Waals surface area contributed by atoms with Gasteiger partial charge >= 0.3 is 5.97 Å². The van der Waals surface area contributed by atoms with Crippen molar-refractivity contribution in [1.82, 2.24) is 4.90 Å². The van der Waals surface area contributed by atoms with Crippen LogP contribution in [-0.4, -0.2) is 51.1 Å². The van der Waals surface area contributed by atoms with Gasteiger partial charge in [-0.05, 0) is 35.9 Å². The Morgan fingerprint density at radius 3 is 2.25 bits per heavy atom. The smallest absolute Gasteiger partial charge is 0.344 e. The SMILES string of the molecule is CN(Cc1ccc(N(C)C)cc1)C(=O)COC(=O)COc1ccc(Cl)cc1Cl. The minimum atomic E-state index is -0.664. The molecule has 0 atom stereocenters. The Hall–Kier alpha value is -2.44. The highest BCUT2D eigenvalue weighted by atomic mass is 35.5. The summed E-state index contributed by atoms with van der Waals surface area (Å²) < 4.78 is 10.2. The number of benzene rings is 2. The maximum atomic E-state index is 12.2. The van der Waals surface area contributed by atoms with Gasteiger partial charge in [0.05, 0.1) is 5.02 Å². The fourth-order valence-corrected chi connectivity index (χ4v) is 2.75. The van der Waals surface area contributed by atoms with Gasteiger partial charge in [-0.3, -0.25) is 4.79 Å². The summed E-state index contributed by atoms with van der Waals surface area (Å²) in [6, 6.07) is 12.5. The molecule has 0 aliphatic carbocycles. The molecule has 2 aromatic carbocycles. The van der Waals surface area contributed by atoms with Crippen molar-refractivity contribution in [1.29, 1.82) is 0 Å². The van der Waals surface area contributed by atoms with Crippen molar-refractivity contribution in [3.63, 3.8) is 0 Å². The molecule has 0 fully saturated rings. The molecule has 0 aliphatic rings. The van der Waals surface area contributed by atoms with Crippen LogP contribution in [0.2, 0.25) is 10.0 Å². The zero-order valence-corrected chi connectivity index (χ0v) is 17.5. The molecule has 0 N–H and O–H groups in total. The fourth-order valence-electron chi connectivity index (χ4n) is 2.28. The molecule has 0 saturated heterocycles. The summed E-state index contributed by atoms with van der Waals surface area (Å²) in [4.78, 5) is 27.4. The second kappa shape index (κ2) is 10.2. The zero-order chi connectivity index (χ0) is 20.7. The first-order valence-electron chi connectivity index (χ1n) is 8.50. The molecule has 2 aromatic rings. The molecule has 0 unspecified atom stereocenters. The van der Waals surface area contributed by atoms with Crippen LogP contribution < -0.4 is 9.64 Å². The predicted octanol–water partition coefficient (Wildman–Crippen LogP) is 3.64. The maximum absolute atomic E-state index is 12.2. The molecule has 1 amide bonds. The van der Waals surface area contributed by atoms with Crippen molar-refractivity contribution in [3.05, 3.63) is 58.1 Å². The fraction of sp³-hybridized carbons (Fsp3) is 0.300. The van der Waals surface area contributed by atoms with E-state index in [1.807, 2.05) is 43.3 Å². The normalized spacial score (nSPS) is 10.3. The van der Waals surface area contributed by atoms with Crippen molar-refractivity contribution < 1.29 is 19.1 Å². The molecular formula is C20H22Cl2N2O4. The van der Waals surface area contributed by atoms with Crippen LogP contribution in [0.3, 0.4) is 0 Å². The van der Waals surface area contributed by atoms with Gasteiger partial charge in [0.1, 0.15) is 5.75 Å². The number of amides is 1. The lowest BCUT2D eigenvalue weighted by Crippen LogP contribution is -2.31. The third kappa shape index (κ3) is 6.62. The number of nitrogens with zero attached hydrogens (tertiary/aromatic N) is 2. The quantitative estimate of drug-likeness (QED) is 0.605. The van der Waals surface area contributed by atoms with E-state index < -0.39 is 5.97 Å². The molecule has 0 aliphatic heterocycles. The van der Waals surface area contributed by atoms with Crippen LogP contribution in [0.25, 0.3) is 0 Å². The minimum Gasteiger partial charge on any atom is -0.480 e. The van der Waals surface area contributed by atoms with Crippen molar-refractivity contribution in [2.45, 2.75) is 6.54 Å². The van der Waals surface area contributed by atoms with E-state index in [4.69, 9.17) is 32.7 Å². The number of likely N-dealkylation sites (N-methyl/N-ethyl adjacent to an activating group) is 1. The molecule has 6 nitrogen and oxygen atoms in total.